The van der Waals surface area contributed by atoms with Crippen molar-refractivity contribution in [3.63, 3.8) is 0 Å². The van der Waals surface area contributed by atoms with Gasteiger partial charge in [-0.1, -0.05) is 103 Å². The number of hydrogen-bond acceptors (Lipinski definition) is 5. The third-order valence-electron chi connectivity index (χ3n) is 9.00. The molecule has 1 atom stereocenters. The average molecular weight is 812 g/mol. The first kappa shape index (κ1) is 30.9. The molecule has 0 unspecified atom stereocenters. The van der Waals surface area contributed by atoms with Crippen molar-refractivity contribution >= 4 is 23.1 Å². The molecule has 5 nitrogen and oxygen atoms in total. The van der Waals surface area contributed by atoms with Crippen LogP contribution in [0.1, 0.15) is 112 Å². The molecule has 2 aliphatic heterocycles. The molecule has 0 radical (unpaired) electrons. The molecule has 0 fully saturated rings. The number of rotatable bonds is 4. The Morgan fingerprint density at radius 2 is 1.62 bits per heavy atom. The van der Waals surface area contributed by atoms with Crippen molar-refractivity contribution in [3.05, 3.63) is 106 Å². The van der Waals surface area contributed by atoms with Crippen LogP contribution in [0.3, 0.4) is 0 Å². The molecule has 2 aliphatic rings. The van der Waals surface area contributed by atoms with Gasteiger partial charge in [-0.3, -0.25) is 4.99 Å². The Bertz CT molecular complexity index is 1990. The van der Waals surface area contributed by atoms with Crippen molar-refractivity contribution in [3.8, 4) is 11.5 Å². The number of hydrogen-bond donors (Lipinski definition) is 0. The zero-order valence-electron chi connectivity index (χ0n) is 32.4. The number of pyridine rings is 1. The zero-order valence-corrected chi connectivity index (χ0v) is 31.6. The Labute approximate surface area is 300 Å². The smallest absolute Gasteiger partial charge is 0.518 e. The van der Waals surface area contributed by atoms with Gasteiger partial charge in [-0.2, -0.15) is 6.07 Å². The van der Waals surface area contributed by atoms with Crippen LogP contribution < -0.4 is 9.64 Å². The molecule has 47 heavy (non-hydrogen) atoms. The largest absolute Gasteiger partial charge is 2.00 e. The Balaban J connectivity index is 0.00000486. The number of aromatic nitrogens is 1. The summed E-state index contributed by atoms with van der Waals surface area (Å²) >= 11 is 0. The van der Waals surface area contributed by atoms with Crippen LogP contribution in [0.5, 0.6) is 11.5 Å². The summed E-state index contributed by atoms with van der Waals surface area (Å²) in [4.78, 5) is 11.6. The van der Waals surface area contributed by atoms with Crippen LogP contribution in [0.2, 0.25) is 0 Å². The zero-order chi connectivity index (χ0) is 35.9. The second-order valence-corrected chi connectivity index (χ2v) is 15.7. The number of anilines is 3. The van der Waals surface area contributed by atoms with E-state index in [1.807, 2.05) is 25.3 Å². The van der Waals surface area contributed by atoms with Crippen molar-refractivity contribution < 1.29 is 34.7 Å². The van der Waals surface area contributed by atoms with Crippen molar-refractivity contribution in [1.29, 1.82) is 0 Å². The number of nitrogens with zero attached hydrogens (tertiary/aromatic N) is 3. The second kappa shape index (κ2) is 11.9. The third kappa shape index (κ3) is 6.66. The Morgan fingerprint density at radius 1 is 0.894 bits per heavy atom. The van der Waals surface area contributed by atoms with E-state index in [-0.39, 0.29) is 49.8 Å². The number of aliphatic imine (C=N–C) groups is 1. The molecule has 0 bridgehead atoms. The molecule has 6 heteroatoms. The molecule has 0 aliphatic carbocycles. The summed E-state index contributed by atoms with van der Waals surface area (Å²) in [5, 5.41) is 0. The van der Waals surface area contributed by atoms with E-state index >= 15 is 0 Å². The quantitative estimate of drug-likeness (QED) is 0.193. The Kier molecular flexibility index (Phi) is 7.83. The van der Waals surface area contributed by atoms with Crippen molar-refractivity contribution in [2.45, 2.75) is 105 Å². The number of fused-ring (bicyclic) bond motifs is 2. The maximum atomic E-state index is 8.01. The predicted octanol–water partition coefficient (Wildman–Crippen LogP) is 10.3. The number of aryl methyl sites for hydroxylation is 2. The Hall–Kier alpha value is -3.43. The van der Waals surface area contributed by atoms with Crippen LogP contribution >= 0.6 is 0 Å². The molecule has 6 rings (SSSR count). The molecule has 248 valence electrons. The molecule has 0 saturated carbocycles. The van der Waals surface area contributed by atoms with Gasteiger partial charge < -0.3 is 14.4 Å². The van der Waals surface area contributed by atoms with E-state index in [4.69, 9.17) is 18.6 Å². The standard InChI is InChI=1S/C41H47N3O2.Pt/c1-25-13-14-33-31(17-25)41(11,12)32-18-26(2)35(23-34(32)44(33)36-22-28(15-16-42-36)38(3,4)5)46-30-20-27(19-29(21-30)39(6,7)8)37-43-40(9,10)24-45-37;/h13-19,21-22H,24H2,1-12H3;/q-2;+2/i9D3;/t40-;/m0./s1. The minimum atomic E-state index is -2.30. The van der Waals surface area contributed by atoms with Crippen LogP contribution in [0.4, 0.5) is 17.2 Å². The van der Waals surface area contributed by atoms with Crippen LogP contribution in [0.25, 0.3) is 0 Å². The van der Waals surface area contributed by atoms with Gasteiger partial charge in [-0.15, -0.1) is 28.8 Å². The summed E-state index contributed by atoms with van der Waals surface area (Å²) in [6.07, 6.45) is 1.88. The van der Waals surface area contributed by atoms with E-state index in [1.54, 1.807) is 6.92 Å². The molecule has 0 N–H and O–H groups in total. The van der Waals surface area contributed by atoms with Gasteiger partial charge in [0.15, 0.2) is 0 Å². The molecule has 4 aromatic rings. The summed E-state index contributed by atoms with van der Waals surface area (Å²) < 4.78 is 36.6. The monoisotopic (exact) mass is 811 g/mol. The fraction of sp³-hybridized carbons (Fsp3) is 0.415. The topological polar surface area (TPSA) is 47.0 Å². The summed E-state index contributed by atoms with van der Waals surface area (Å²) in [5.74, 6) is 2.11. The molecule has 3 heterocycles. The van der Waals surface area contributed by atoms with Crippen molar-refractivity contribution in [2.75, 3.05) is 11.5 Å². The first-order chi connectivity index (χ1) is 22.6. The van der Waals surface area contributed by atoms with Gasteiger partial charge in [0, 0.05) is 27.5 Å². The number of ether oxygens (including phenoxy) is 2. The minimum Gasteiger partial charge on any atom is -0.518 e. The summed E-state index contributed by atoms with van der Waals surface area (Å²) in [5.41, 5.74) is 7.21. The van der Waals surface area contributed by atoms with E-state index in [0.717, 1.165) is 33.9 Å². The van der Waals surface area contributed by atoms with Gasteiger partial charge in [0.2, 0.25) is 0 Å². The van der Waals surface area contributed by atoms with E-state index < -0.39 is 12.4 Å². The summed E-state index contributed by atoms with van der Waals surface area (Å²) in [6, 6.07) is 24.0. The molecular formula is C41H47N3O2Pt. The van der Waals surface area contributed by atoms with Crippen LogP contribution in [-0.2, 0) is 42.0 Å². The van der Waals surface area contributed by atoms with Crippen LogP contribution in [0.15, 0.2) is 59.7 Å². The van der Waals surface area contributed by atoms with Crippen molar-refractivity contribution in [1.82, 2.24) is 4.98 Å². The first-order valence-corrected chi connectivity index (χ1v) is 16.0. The van der Waals surface area contributed by atoms with E-state index in [0.29, 0.717) is 17.1 Å². The van der Waals surface area contributed by atoms with Gasteiger partial charge in [0.25, 0.3) is 0 Å². The maximum Gasteiger partial charge on any atom is 2.00 e. The average Bonchev–Trinajstić information content (AvgIpc) is 3.41. The minimum absolute atomic E-state index is 0. The van der Waals surface area contributed by atoms with Gasteiger partial charge in [-0.25, -0.2) is 4.98 Å². The molecule has 1 aromatic heterocycles. The van der Waals surface area contributed by atoms with Gasteiger partial charge in [0.1, 0.15) is 18.3 Å². The molecular weight excluding hydrogens is 762 g/mol. The van der Waals surface area contributed by atoms with E-state index in [9.17, 15) is 0 Å². The van der Waals surface area contributed by atoms with E-state index in [2.05, 4.69) is 121 Å². The SMILES string of the molecule is [2H]C([2H])([2H])[C@]1(C)COC(c2[c-]c(Oc3[c-]c4c(cc3C)C(C)(C)c3cc(C)ccc3N4c3cc(C(C)(C)C)ccn3)cc(C(C)(C)C)c2)=N1.[Pt+2]. The predicted molar refractivity (Wildman–Crippen MR) is 189 cm³/mol. The molecule has 0 amide bonds. The normalized spacial score (nSPS) is 19.7. The van der Waals surface area contributed by atoms with Crippen LogP contribution in [-0.4, -0.2) is 23.0 Å². The van der Waals surface area contributed by atoms with Crippen LogP contribution in [0, 0.1) is 26.0 Å². The van der Waals surface area contributed by atoms with Gasteiger partial charge in [0.05, 0.1) is 5.54 Å². The molecule has 0 saturated heterocycles. The second-order valence-electron chi connectivity index (χ2n) is 15.7. The van der Waals surface area contributed by atoms with Crippen molar-refractivity contribution in [2.24, 2.45) is 4.99 Å². The fourth-order valence-electron chi connectivity index (χ4n) is 6.13. The summed E-state index contributed by atoms with van der Waals surface area (Å²) in [6.45, 7) is 20.9. The first-order valence-electron chi connectivity index (χ1n) is 17.5. The van der Waals surface area contributed by atoms with E-state index in [1.165, 1.54) is 16.7 Å². The third-order valence-corrected chi connectivity index (χ3v) is 9.00. The molecule has 3 aromatic carbocycles. The van der Waals surface area contributed by atoms with Gasteiger partial charge >= 0.3 is 21.1 Å². The van der Waals surface area contributed by atoms with Gasteiger partial charge in [-0.05, 0) is 66.3 Å². The fourth-order valence-corrected chi connectivity index (χ4v) is 6.13. The number of benzene rings is 3. The Morgan fingerprint density at radius 3 is 2.28 bits per heavy atom. The summed E-state index contributed by atoms with van der Waals surface area (Å²) in [7, 11) is 0. The maximum absolute atomic E-state index is 8.01. The molecule has 0 spiro atoms.